The van der Waals surface area contributed by atoms with Crippen LogP contribution in [0, 0.1) is 0 Å². The lowest BCUT2D eigenvalue weighted by Gasteiger charge is -2.37. The van der Waals surface area contributed by atoms with Gasteiger partial charge in [0.25, 0.3) is 0 Å². The van der Waals surface area contributed by atoms with Crippen LogP contribution in [0.4, 0.5) is 0 Å². The van der Waals surface area contributed by atoms with Crippen LogP contribution in [0.1, 0.15) is 51.9 Å². The summed E-state index contributed by atoms with van der Waals surface area (Å²) in [5.74, 6) is -0.113. The van der Waals surface area contributed by atoms with E-state index in [1.165, 1.54) is 6.42 Å². The monoisotopic (exact) mass is 228 g/mol. The van der Waals surface area contributed by atoms with Gasteiger partial charge >= 0.3 is 0 Å². The molecule has 1 saturated carbocycles. The number of rotatable bonds is 5. The Morgan fingerprint density at radius 1 is 1.44 bits per heavy atom. The molecule has 16 heavy (non-hydrogen) atoms. The molecule has 1 aliphatic rings. The van der Waals surface area contributed by atoms with Crippen molar-refractivity contribution in [3.8, 4) is 0 Å². The summed E-state index contributed by atoms with van der Waals surface area (Å²) in [6.07, 6.45) is 6.68. The molecule has 0 radical (unpaired) electrons. The minimum atomic E-state index is -0.435. The summed E-state index contributed by atoms with van der Waals surface area (Å²) in [6.45, 7) is 2.03. The molecule has 4 N–H and O–H groups in total. The van der Waals surface area contributed by atoms with E-state index >= 15 is 0 Å². The maximum Gasteiger partial charge on any atom is 0.237 e. The van der Waals surface area contributed by atoms with Gasteiger partial charge in [-0.05, 0) is 19.3 Å². The molecule has 0 bridgehead atoms. The zero-order chi connectivity index (χ0) is 12.0. The molecule has 4 heteroatoms. The summed E-state index contributed by atoms with van der Waals surface area (Å²) in [4.78, 5) is 11.8. The number of carbonyl (C=O) groups is 1. The number of hydrogen-bond acceptors (Lipinski definition) is 3. The van der Waals surface area contributed by atoms with Crippen molar-refractivity contribution in [2.24, 2.45) is 5.73 Å². The molecule has 94 valence electrons. The third-order valence-electron chi connectivity index (χ3n) is 3.44. The zero-order valence-electron chi connectivity index (χ0n) is 10.2. The minimum absolute atomic E-state index is 0.0254. The maximum absolute atomic E-state index is 11.8. The van der Waals surface area contributed by atoms with Crippen LogP contribution in [0.3, 0.4) is 0 Å². The van der Waals surface area contributed by atoms with Crippen LogP contribution in [0.2, 0.25) is 0 Å². The van der Waals surface area contributed by atoms with Crippen LogP contribution >= 0.6 is 0 Å². The molecule has 0 aromatic carbocycles. The molecule has 0 aromatic rings. The van der Waals surface area contributed by atoms with Gasteiger partial charge in [-0.2, -0.15) is 0 Å². The minimum Gasteiger partial charge on any atom is -0.394 e. The van der Waals surface area contributed by atoms with E-state index in [4.69, 9.17) is 5.73 Å². The second kappa shape index (κ2) is 6.21. The van der Waals surface area contributed by atoms with Gasteiger partial charge in [-0.25, -0.2) is 0 Å². The smallest absolute Gasteiger partial charge is 0.237 e. The van der Waals surface area contributed by atoms with Gasteiger partial charge in [0.2, 0.25) is 5.91 Å². The summed E-state index contributed by atoms with van der Waals surface area (Å²) in [7, 11) is 0. The normalized spacial score (nSPS) is 21.4. The maximum atomic E-state index is 11.8. The Balaban J connectivity index is 2.51. The van der Waals surface area contributed by atoms with Crippen LogP contribution in [-0.2, 0) is 4.79 Å². The Morgan fingerprint density at radius 3 is 2.56 bits per heavy atom. The van der Waals surface area contributed by atoms with Crippen molar-refractivity contribution in [1.29, 1.82) is 0 Å². The molecule has 0 aliphatic heterocycles. The second-order valence-electron chi connectivity index (χ2n) is 4.88. The molecule has 1 atom stereocenters. The number of hydrogen-bond donors (Lipinski definition) is 3. The Bertz CT molecular complexity index is 225. The third-order valence-corrected chi connectivity index (χ3v) is 3.44. The first-order valence-electron chi connectivity index (χ1n) is 6.32. The molecule has 1 unspecified atom stereocenters. The highest BCUT2D eigenvalue weighted by Crippen LogP contribution is 2.27. The first-order chi connectivity index (χ1) is 7.63. The van der Waals surface area contributed by atoms with E-state index in [1.54, 1.807) is 0 Å². The fourth-order valence-electron chi connectivity index (χ4n) is 2.35. The Hall–Kier alpha value is -0.610. The van der Waals surface area contributed by atoms with Gasteiger partial charge in [-0.1, -0.05) is 32.6 Å². The highest BCUT2D eigenvalue weighted by molar-refractivity contribution is 5.82. The highest BCUT2D eigenvalue weighted by atomic mass is 16.3. The van der Waals surface area contributed by atoms with E-state index in [9.17, 15) is 9.90 Å². The molecule has 0 heterocycles. The molecular formula is C12H24N2O2. The lowest BCUT2D eigenvalue weighted by molar-refractivity contribution is -0.125. The third kappa shape index (κ3) is 3.46. The van der Waals surface area contributed by atoms with Crippen molar-refractivity contribution < 1.29 is 9.90 Å². The van der Waals surface area contributed by atoms with E-state index < -0.39 is 11.6 Å². The SMILES string of the molecule is CCCC(N)C(=O)NC1(CO)CCCCC1. The molecule has 0 saturated heterocycles. The number of amides is 1. The van der Waals surface area contributed by atoms with Gasteiger partial charge in [-0.3, -0.25) is 4.79 Å². The van der Waals surface area contributed by atoms with E-state index in [-0.39, 0.29) is 12.5 Å². The van der Waals surface area contributed by atoms with Crippen molar-refractivity contribution >= 4 is 5.91 Å². The lowest BCUT2D eigenvalue weighted by Crippen LogP contribution is -2.56. The average Bonchev–Trinajstić information content (AvgIpc) is 2.30. The van der Waals surface area contributed by atoms with E-state index in [2.05, 4.69) is 5.32 Å². The van der Waals surface area contributed by atoms with Crippen LogP contribution in [0.25, 0.3) is 0 Å². The topological polar surface area (TPSA) is 75.4 Å². The molecule has 1 fully saturated rings. The van der Waals surface area contributed by atoms with Crippen LogP contribution in [0.5, 0.6) is 0 Å². The number of nitrogens with two attached hydrogens (primary N) is 1. The van der Waals surface area contributed by atoms with Gasteiger partial charge in [0.15, 0.2) is 0 Å². The molecular weight excluding hydrogens is 204 g/mol. The van der Waals surface area contributed by atoms with E-state index in [1.807, 2.05) is 6.92 Å². The van der Waals surface area contributed by atoms with Crippen molar-refractivity contribution in [2.75, 3.05) is 6.61 Å². The van der Waals surface area contributed by atoms with Gasteiger partial charge in [0.05, 0.1) is 18.2 Å². The summed E-state index contributed by atoms with van der Waals surface area (Å²) in [5, 5.41) is 12.4. The van der Waals surface area contributed by atoms with Gasteiger partial charge in [0, 0.05) is 0 Å². The second-order valence-corrected chi connectivity index (χ2v) is 4.88. The van der Waals surface area contributed by atoms with Gasteiger partial charge in [-0.15, -0.1) is 0 Å². The van der Waals surface area contributed by atoms with Gasteiger partial charge in [0.1, 0.15) is 0 Å². The molecule has 4 nitrogen and oxygen atoms in total. The van der Waals surface area contributed by atoms with Crippen molar-refractivity contribution in [3.05, 3.63) is 0 Å². The van der Waals surface area contributed by atoms with Crippen LogP contribution < -0.4 is 11.1 Å². The van der Waals surface area contributed by atoms with Crippen molar-refractivity contribution in [2.45, 2.75) is 63.5 Å². The number of aliphatic hydroxyl groups is 1. The largest absolute Gasteiger partial charge is 0.394 e. The molecule has 1 rings (SSSR count). The Morgan fingerprint density at radius 2 is 2.06 bits per heavy atom. The number of nitrogens with one attached hydrogen (secondary N) is 1. The first kappa shape index (κ1) is 13.5. The highest BCUT2D eigenvalue weighted by Gasteiger charge is 2.33. The molecule has 1 aliphatic carbocycles. The average molecular weight is 228 g/mol. The quantitative estimate of drug-likeness (QED) is 0.655. The summed E-state index contributed by atoms with van der Waals surface area (Å²) in [5.41, 5.74) is 5.36. The molecule has 1 amide bonds. The van der Waals surface area contributed by atoms with Crippen LogP contribution in [0.15, 0.2) is 0 Å². The van der Waals surface area contributed by atoms with E-state index in [0.717, 1.165) is 32.1 Å². The standard InChI is InChI=1S/C12H24N2O2/c1-2-6-10(13)11(16)14-12(9-15)7-4-3-5-8-12/h10,15H,2-9,13H2,1H3,(H,14,16). The van der Waals surface area contributed by atoms with E-state index in [0.29, 0.717) is 6.42 Å². The fourth-order valence-corrected chi connectivity index (χ4v) is 2.35. The predicted molar refractivity (Wildman–Crippen MR) is 63.9 cm³/mol. The lowest BCUT2D eigenvalue weighted by atomic mass is 9.82. The zero-order valence-corrected chi connectivity index (χ0v) is 10.2. The van der Waals surface area contributed by atoms with Gasteiger partial charge < -0.3 is 16.2 Å². The summed E-state index contributed by atoms with van der Waals surface area (Å²) >= 11 is 0. The van der Waals surface area contributed by atoms with Crippen LogP contribution in [-0.4, -0.2) is 29.2 Å². The summed E-state index contributed by atoms with van der Waals surface area (Å²) < 4.78 is 0. The first-order valence-corrected chi connectivity index (χ1v) is 6.32. The Kier molecular flexibility index (Phi) is 5.22. The van der Waals surface area contributed by atoms with Crippen molar-refractivity contribution in [1.82, 2.24) is 5.32 Å². The van der Waals surface area contributed by atoms with Crippen molar-refractivity contribution in [3.63, 3.8) is 0 Å². The number of aliphatic hydroxyl groups excluding tert-OH is 1. The molecule has 0 aromatic heterocycles. The fraction of sp³-hybridized carbons (Fsp3) is 0.917. The summed E-state index contributed by atoms with van der Waals surface area (Å²) in [6, 6.07) is -0.435. The Labute approximate surface area is 97.6 Å². The molecule has 0 spiro atoms. The predicted octanol–water partition coefficient (Wildman–Crippen LogP) is 0.925. The number of carbonyl (C=O) groups excluding carboxylic acids is 1.